The molecule has 208 valence electrons. The van der Waals surface area contributed by atoms with Crippen molar-refractivity contribution in [1.82, 2.24) is 24.8 Å². The Morgan fingerprint density at radius 3 is 2.54 bits per heavy atom. The second-order valence-electron chi connectivity index (χ2n) is 13.1. The molecular formula is C31H41N5O3. The summed E-state index contributed by atoms with van der Waals surface area (Å²) in [5, 5.41) is 18.9. The zero-order valence-electron chi connectivity index (χ0n) is 24.3. The molecule has 2 aliphatic rings. The Kier molecular flexibility index (Phi) is 6.82. The molecule has 1 atom stereocenters. The van der Waals surface area contributed by atoms with Gasteiger partial charge in [-0.25, -0.2) is 4.68 Å². The lowest BCUT2D eigenvalue weighted by Gasteiger charge is -2.33. The number of carboxylic acid groups (broad SMARTS) is 1. The van der Waals surface area contributed by atoms with E-state index in [0.29, 0.717) is 19.1 Å². The molecule has 39 heavy (non-hydrogen) atoms. The fourth-order valence-corrected chi connectivity index (χ4v) is 6.33. The minimum atomic E-state index is -1.07. The monoisotopic (exact) mass is 531 g/mol. The molecule has 8 heteroatoms. The maximum atomic E-state index is 13.2. The summed E-state index contributed by atoms with van der Waals surface area (Å²) in [5.74, 6) is -1.03. The molecule has 1 aliphatic carbocycles. The van der Waals surface area contributed by atoms with E-state index in [4.69, 9.17) is 0 Å². The molecule has 2 heterocycles. The fraction of sp³-hybridized carbons (Fsp3) is 0.548. The van der Waals surface area contributed by atoms with Gasteiger partial charge in [-0.05, 0) is 79.8 Å². The van der Waals surface area contributed by atoms with E-state index in [-0.39, 0.29) is 11.3 Å². The second-order valence-corrected chi connectivity index (χ2v) is 13.1. The maximum absolute atomic E-state index is 13.2. The van der Waals surface area contributed by atoms with Crippen LogP contribution < -0.4 is 0 Å². The number of aromatic nitrogens is 3. The Bertz CT molecular complexity index is 1440. The number of aliphatic carboxylic acids is 1. The van der Waals surface area contributed by atoms with Crippen LogP contribution in [-0.2, 0) is 23.2 Å². The summed E-state index contributed by atoms with van der Waals surface area (Å²) < 4.78 is 1.74. The van der Waals surface area contributed by atoms with E-state index in [1.165, 1.54) is 0 Å². The molecule has 3 aromatic rings. The summed E-state index contributed by atoms with van der Waals surface area (Å²) in [7, 11) is 1.86. The molecule has 1 aliphatic heterocycles. The number of nitrogens with zero attached hydrogens (tertiary/aromatic N) is 5. The van der Waals surface area contributed by atoms with Crippen molar-refractivity contribution in [2.24, 2.45) is 17.9 Å². The van der Waals surface area contributed by atoms with Gasteiger partial charge in [-0.3, -0.25) is 14.5 Å². The Hall–Kier alpha value is -3.26. The summed E-state index contributed by atoms with van der Waals surface area (Å²) in [6, 6.07) is 10.7. The molecule has 1 saturated heterocycles. The van der Waals surface area contributed by atoms with Crippen LogP contribution in [0.2, 0.25) is 0 Å². The standard InChI is InChI=1S/C31H41N5O3/c1-19-8-9-21(14-22(19)15-35-16-26(37)36(23-10-11-23)18-30(3,4)17-35)27(31(5,6)29(38)39)24-12-13-25-28(20(24)2)32-33-34(25)7/h8-9,12-14,23,27H,10-11,15-18H2,1-7H3,(H,38,39)/t27-/m0/s1. The van der Waals surface area contributed by atoms with Crippen LogP contribution in [0.5, 0.6) is 0 Å². The van der Waals surface area contributed by atoms with Crippen LogP contribution in [0.25, 0.3) is 11.0 Å². The normalized spacial score (nSPS) is 19.4. The number of rotatable bonds is 7. The first-order valence-electron chi connectivity index (χ1n) is 13.9. The smallest absolute Gasteiger partial charge is 0.310 e. The lowest BCUT2D eigenvalue weighted by Crippen LogP contribution is -2.39. The van der Waals surface area contributed by atoms with Crippen LogP contribution in [0.15, 0.2) is 30.3 Å². The number of aryl methyl sites for hydroxylation is 3. The molecule has 1 saturated carbocycles. The van der Waals surface area contributed by atoms with Crippen LogP contribution in [0.4, 0.5) is 0 Å². The zero-order valence-corrected chi connectivity index (χ0v) is 24.3. The minimum Gasteiger partial charge on any atom is -0.481 e. The quantitative estimate of drug-likeness (QED) is 0.477. The van der Waals surface area contributed by atoms with Crippen LogP contribution in [0.3, 0.4) is 0 Å². The molecular weight excluding hydrogens is 490 g/mol. The average molecular weight is 532 g/mol. The van der Waals surface area contributed by atoms with Gasteiger partial charge in [-0.2, -0.15) is 0 Å². The lowest BCUT2D eigenvalue weighted by atomic mass is 9.69. The van der Waals surface area contributed by atoms with Crippen LogP contribution >= 0.6 is 0 Å². The molecule has 1 amide bonds. The SMILES string of the molecule is Cc1ccc([C@@H](c2ccc3c(nnn3C)c2C)C(C)(C)C(=O)O)cc1CN1CC(=O)N(C2CC2)CC(C)(C)C1. The third-order valence-corrected chi connectivity index (χ3v) is 8.68. The first-order chi connectivity index (χ1) is 18.3. The van der Waals surface area contributed by atoms with Crippen LogP contribution in [0, 0.1) is 24.7 Å². The van der Waals surface area contributed by atoms with Gasteiger partial charge in [0, 0.05) is 38.6 Å². The van der Waals surface area contributed by atoms with Crippen LogP contribution in [0.1, 0.15) is 74.3 Å². The third-order valence-electron chi connectivity index (χ3n) is 8.68. The van der Waals surface area contributed by atoms with E-state index >= 15 is 0 Å². The first-order valence-corrected chi connectivity index (χ1v) is 13.9. The Morgan fingerprint density at radius 2 is 1.87 bits per heavy atom. The molecule has 1 aromatic heterocycles. The van der Waals surface area contributed by atoms with E-state index in [0.717, 1.165) is 64.8 Å². The number of carbonyl (C=O) groups excluding carboxylic acids is 1. The Labute approximate surface area is 231 Å². The molecule has 0 unspecified atom stereocenters. The second kappa shape index (κ2) is 9.73. The van der Waals surface area contributed by atoms with Gasteiger partial charge in [0.2, 0.25) is 5.91 Å². The molecule has 8 nitrogen and oxygen atoms in total. The van der Waals surface area contributed by atoms with Gasteiger partial charge in [-0.15, -0.1) is 5.10 Å². The number of hydrogen-bond donors (Lipinski definition) is 1. The predicted molar refractivity (Wildman–Crippen MR) is 151 cm³/mol. The highest BCUT2D eigenvalue weighted by molar-refractivity contribution is 5.82. The van der Waals surface area contributed by atoms with Crippen molar-refractivity contribution in [2.45, 2.75) is 72.9 Å². The molecule has 2 aromatic carbocycles. The van der Waals surface area contributed by atoms with Gasteiger partial charge in [0.05, 0.1) is 17.5 Å². The summed E-state index contributed by atoms with van der Waals surface area (Å²) in [6.45, 7) is 14.9. The number of fused-ring (bicyclic) bond motifs is 1. The number of carbonyl (C=O) groups is 2. The molecule has 0 radical (unpaired) electrons. The van der Waals surface area contributed by atoms with Gasteiger partial charge in [0.1, 0.15) is 5.52 Å². The highest BCUT2D eigenvalue weighted by Gasteiger charge is 2.41. The van der Waals surface area contributed by atoms with Crippen molar-refractivity contribution >= 4 is 22.9 Å². The van der Waals surface area contributed by atoms with Crippen molar-refractivity contribution in [3.8, 4) is 0 Å². The highest BCUT2D eigenvalue weighted by atomic mass is 16.4. The van der Waals surface area contributed by atoms with E-state index < -0.39 is 17.3 Å². The highest BCUT2D eigenvalue weighted by Crippen LogP contribution is 2.44. The Balaban J connectivity index is 1.53. The number of benzene rings is 2. The van der Waals surface area contributed by atoms with E-state index in [2.05, 4.69) is 59.1 Å². The summed E-state index contributed by atoms with van der Waals surface area (Å²) >= 11 is 0. The third kappa shape index (κ3) is 5.19. The summed E-state index contributed by atoms with van der Waals surface area (Å²) in [6.07, 6.45) is 2.23. The summed E-state index contributed by atoms with van der Waals surface area (Å²) in [4.78, 5) is 30.2. The van der Waals surface area contributed by atoms with E-state index in [1.807, 2.05) is 26.1 Å². The number of carboxylic acids is 1. The Morgan fingerprint density at radius 1 is 1.15 bits per heavy atom. The van der Waals surface area contributed by atoms with Gasteiger partial charge in [0.25, 0.3) is 0 Å². The molecule has 5 rings (SSSR count). The minimum absolute atomic E-state index is 0.00264. The molecule has 2 fully saturated rings. The topological polar surface area (TPSA) is 91.6 Å². The number of amides is 1. The molecule has 0 spiro atoms. The van der Waals surface area contributed by atoms with Gasteiger partial charge >= 0.3 is 5.97 Å². The summed E-state index contributed by atoms with van der Waals surface area (Å²) in [5.41, 5.74) is 5.74. The van der Waals surface area contributed by atoms with Gasteiger partial charge in [-0.1, -0.05) is 43.3 Å². The number of hydrogen-bond acceptors (Lipinski definition) is 5. The molecule has 1 N–H and O–H groups in total. The van der Waals surface area contributed by atoms with E-state index in [1.54, 1.807) is 18.5 Å². The zero-order chi connectivity index (χ0) is 28.3. The van der Waals surface area contributed by atoms with Crippen molar-refractivity contribution in [1.29, 1.82) is 0 Å². The van der Waals surface area contributed by atoms with Crippen molar-refractivity contribution in [3.63, 3.8) is 0 Å². The average Bonchev–Trinajstić information content (AvgIpc) is 3.63. The first kappa shape index (κ1) is 27.3. The van der Waals surface area contributed by atoms with Crippen molar-refractivity contribution in [2.75, 3.05) is 19.6 Å². The molecule has 0 bridgehead atoms. The van der Waals surface area contributed by atoms with Gasteiger partial charge in [0.15, 0.2) is 0 Å². The van der Waals surface area contributed by atoms with Crippen molar-refractivity contribution in [3.05, 3.63) is 58.1 Å². The fourth-order valence-electron chi connectivity index (χ4n) is 6.33. The van der Waals surface area contributed by atoms with Crippen LogP contribution in [-0.4, -0.2) is 67.5 Å². The van der Waals surface area contributed by atoms with Crippen molar-refractivity contribution < 1.29 is 14.7 Å². The van der Waals surface area contributed by atoms with Gasteiger partial charge < -0.3 is 10.0 Å². The maximum Gasteiger partial charge on any atom is 0.310 e. The van der Waals surface area contributed by atoms with E-state index in [9.17, 15) is 14.7 Å². The predicted octanol–water partition coefficient (Wildman–Crippen LogP) is 4.66. The lowest BCUT2D eigenvalue weighted by molar-refractivity contribution is -0.147. The largest absolute Gasteiger partial charge is 0.481 e.